The van der Waals surface area contributed by atoms with Crippen LogP contribution in [0, 0.1) is 11.7 Å². The Kier molecular flexibility index (Phi) is 7.42. The minimum atomic E-state index is -0.290. The number of carbonyl (C=O) groups is 1. The first-order valence-corrected chi connectivity index (χ1v) is 8.63. The van der Waals surface area contributed by atoms with Gasteiger partial charge < -0.3 is 15.4 Å². The van der Waals surface area contributed by atoms with Gasteiger partial charge in [-0.25, -0.2) is 4.39 Å². The number of ether oxygens (including phenoxy) is 1. The van der Waals surface area contributed by atoms with E-state index in [1.807, 2.05) is 24.3 Å². The lowest BCUT2D eigenvalue weighted by molar-refractivity contribution is -0.126. The topological polar surface area (TPSA) is 50.4 Å². The van der Waals surface area contributed by atoms with Crippen molar-refractivity contribution in [1.82, 2.24) is 10.6 Å². The minimum Gasteiger partial charge on any atom is -0.457 e. The molecule has 0 saturated carbocycles. The minimum absolute atomic E-state index is 0. The zero-order chi connectivity index (χ0) is 17.6. The Morgan fingerprint density at radius 1 is 1.15 bits per heavy atom. The highest BCUT2D eigenvalue weighted by Gasteiger charge is 2.24. The lowest BCUT2D eigenvalue weighted by Crippen LogP contribution is -2.42. The van der Waals surface area contributed by atoms with E-state index in [-0.39, 0.29) is 30.0 Å². The number of piperidine rings is 1. The molecule has 0 bridgehead atoms. The summed E-state index contributed by atoms with van der Waals surface area (Å²) in [5, 5.41) is 6.37. The van der Waals surface area contributed by atoms with E-state index in [1.54, 1.807) is 12.1 Å². The Balaban J connectivity index is 0.00000243. The van der Waals surface area contributed by atoms with Gasteiger partial charge in [0.25, 0.3) is 0 Å². The number of hydrogen-bond donors (Lipinski definition) is 2. The van der Waals surface area contributed by atoms with Crippen LogP contribution in [0.1, 0.15) is 25.3 Å². The molecule has 0 aromatic heterocycles. The normalized spacial score (nSPS) is 19.3. The largest absolute Gasteiger partial charge is 0.457 e. The lowest BCUT2D eigenvalue weighted by atomic mass is 9.92. The van der Waals surface area contributed by atoms with Gasteiger partial charge in [0.2, 0.25) is 5.91 Å². The van der Waals surface area contributed by atoms with Crippen molar-refractivity contribution in [2.45, 2.75) is 32.4 Å². The van der Waals surface area contributed by atoms with Crippen molar-refractivity contribution in [1.29, 1.82) is 0 Å². The lowest BCUT2D eigenvalue weighted by Gasteiger charge is -2.27. The number of carbonyl (C=O) groups excluding carboxylic acids is 1. The first-order valence-electron chi connectivity index (χ1n) is 8.63. The Labute approximate surface area is 159 Å². The maximum Gasteiger partial charge on any atom is 0.223 e. The van der Waals surface area contributed by atoms with Gasteiger partial charge in [0.05, 0.1) is 0 Å². The Bertz CT molecular complexity index is 707. The van der Waals surface area contributed by atoms with Crippen molar-refractivity contribution >= 4 is 18.3 Å². The van der Waals surface area contributed by atoms with E-state index in [4.69, 9.17) is 4.74 Å². The molecule has 1 amide bonds. The van der Waals surface area contributed by atoms with E-state index < -0.39 is 0 Å². The monoisotopic (exact) mass is 378 g/mol. The van der Waals surface area contributed by atoms with Crippen molar-refractivity contribution in [3.63, 3.8) is 0 Å². The molecule has 2 aromatic rings. The van der Waals surface area contributed by atoms with E-state index in [0.29, 0.717) is 24.1 Å². The van der Waals surface area contributed by atoms with Gasteiger partial charge in [-0.15, -0.1) is 12.4 Å². The van der Waals surface area contributed by atoms with Gasteiger partial charge in [0.1, 0.15) is 17.3 Å². The number of rotatable bonds is 5. The van der Waals surface area contributed by atoms with Crippen LogP contribution in [0.3, 0.4) is 0 Å². The highest BCUT2D eigenvalue weighted by atomic mass is 35.5. The van der Waals surface area contributed by atoms with Crippen LogP contribution >= 0.6 is 12.4 Å². The molecule has 1 aliphatic rings. The van der Waals surface area contributed by atoms with E-state index in [1.165, 1.54) is 12.1 Å². The first-order chi connectivity index (χ1) is 12.1. The molecule has 0 aliphatic carbocycles. The van der Waals surface area contributed by atoms with Crippen molar-refractivity contribution in [3.8, 4) is 11.5 Å². The second-order valence-corrected chi connectivity index (χ2v) is 6.49. The maximum absolute atomic E-state index is 12.9. The van der Waals surface area contributed by atoms with Crippen LogP contribution in [0.15, 0.2) is 48.5 Å². The highest BCUT2D eigenvalue weighted by Crippen LogP contribution is 2.22. The van der Waals surface area contributed by atoms with Crippen molar-refractivity contribution < 1.29 is 13.9 Å². The summed E-state index contributed by atoms with van der Waals surface area (Å²) in [6.45, 7) is 3.52. The van der Waals surface area contributed by atoms with Crippen molar-refractivity contribution in [3.05, 3.63) is 59.9 Å². The molecule has 4 nitrogen and oxygen atoms in total. The number of hydrogen-bond acceptors (Lipinski definition) is 3. The number of amides is 1. The van der Waals surface area contributed by atoms with Crippen LogP contribution in [0.5, 0.6) is 11.5 Å². The molecule has 6 heteroatoms. The second kappa shape index (κ2) is 9.55. The molecule has 0 unspecified atom stereocenters. The molecular weight excluding hydrogens is 355 g/mol. The highest BCUT2D eigenvalue weighted by molar-refractivity contribution is 5.85. The number of benzene rings is 2. The Morgan fingerprint density at radius 2 is 1.77 bits per heavy atom. The van der Waals surface area contributed by atoms with Gasteiger partial charge in [0.15, 0.2) is 0 Å². The fraction of sp³-hybridized carbons (Fsp3) is 0.350. The van der Waals surface area contributed by atoms with Gasteiger partial charge >= 0.3 is 0 Å². The predicted molar refractivity (Wildman–Crippen MR) is 102 cm³/mol. The van der Waals surface area contributed by atoms with Crippen molar-refractivity contribution in [2.24, 2.45) is 5.92 Å². The molecule has 0 spiro atoms. The van der Waals surface area contributed by atoms with Gasteiger partial charge in [-0.1, -0.05) is 12.1 Å². The quantitative estimate of drug-likeness (QED) is 0.825. The fourth-order valence-electron chi connectivity index (χ4n) is 3.02. The van der Waals surface area contributed by atoms with E-state index in [0.717, 1.165) is 24.9 Å². The summed E-state index contributed by atoms with van der Waals surface area (Å²) >= 11 is 0. The Hall–Kier alpha value is -2.11. The average Bonchev–Trinajstić information content (AvgIpc) is 2.63. The summed E-state index contributed by atoms with van der Waals surface area (Å²) in [7, 11) is 0. The summed E-state index contributed by atoms with van der Waals surface area (Å²) in [6, 6.07) is 13.8. The van der Waals surface area contributed by atoms with Gasteiger partial charge in [-0.2, -0.15) is 0 Å². The number of nitrogens with one attached hydrogen (secondary N) is 2. The first kappa shape index (κ1) is 20.2. The Morgan fingerprint density at radius 3 is 2.38 bits per heavy atom. The summed E-state index contributed by atoms with van der Waals surface area (Å²) in [6.07, 6.45) is 1.77. The molecular formula is C20H24ClFN2O2. The molecule has 1 aliphatic heterocycles. The zero-order valence-corrected chi connectivity index (χ0v) is 15.5. The number of halogens is 2. The molecule has 1 saturated heterocycles. The van der Waals surface area contributed by atoms with Crippen LogP contribution in [0.25, 0.3) is 0 Å². The average molecular weight is 379 g/mol. The second-order valence-electron chi connectivity index (χ2n) is 6.49. The standard InChI is InChI=1S/C20H23FN2O2.ClH/c1-14-12-16(10-11-22-14)20(24)23-13-15-2-6-18(7-3-15)25-19-8-4-17(21)5-9-19;/h2-9,14,16,22H,10-13H2,1H3,(H,23,24);1H/t14-,16-;/m0./s1. The third-order valence-corrected chi connectivity index (χ3v) is 4.43. The van der Waals surface area contributed by atoms with Gasteiger partial charge in [0, 0.05) is 18.5 Å². The van der Waals surface area contributed by atoms with Gasteiger partial charge in [-0.05, 0) is 68.3 Å². The van der Waals surface area contributed by atoms with Gasteiger partial charge in [-0.3, -0.25) is 4.79 Å². The molecule has 3 rings (SSSR count). The summed E-state index contributed by atoms with van der Waals surface area (Å²) in [5.74, 6) is 1.19. The van der Waals surface area contributed by atoms with E-state index >= 15 is 0 Å². The molecule has 1 heterocycles. The summed E-state index contributed by atoms with van der Waals surface area (Å²) in [4.78, 5) is 12.3. The zero-order valence-electron chi connectivity index (χ0n) is 14.7. The van der Waals surface area contributed by atoms with Crippen LogP contribution in [-0.2, 0) is 11.3 Å². The third-order valence-electron chi connectivity index (χ3n) is 4.43. The van der Waals surface area contributed by atoms with Crippen LogP contribution in [0.2, 0.25) is 0 Å². The summed E-state index contributed by atoms with van der Waals surface area (Å²) in [5.41, 5.74) is 1.02. The molecule has 2 atom stereocenters. The molecule has 0 radical (unpaired) electrons. The summed E-state index contributed by atoms with van der Waals surface area (Å²) < 4.78 is 18.6. The van der Waals surface area contributed by atoms with E-state index in [9.17, 15) is 9.18 Å². The van der Waals surface area contributed by atoms with Crippen LogP contribution in [0.4, 0.5) is 4.39 Å². The fourth-order valence-corrected chi connectivity index (χ4v) is 3.02. The van der Waals surface area contributed by atoms with Crippen LogP contribution in [-0.4, -0.2) is 18.5 Å². The molecule has 140 valence electrons. The maximum atomic E-state index is 12.9. The smallest absolute Gasteiger partial charge is 0.223 e. The SMILES string of the molecule is C[C@H]1C[C@@H](C(=O)NCc2ccc(Oc3ccc(F)cc3)cc2)CCN1.Cl. The van der Waals surface area contributed by atoms with Crippen LogP contribution < -0.4 is 15.4 Å². The third kappa shape index (κ3) is 5.71. The molecule has 1 fully saturated rings. The van der Waals surface area contributed by atoms with Crippen molar-refractivity contribution in [2.75, 3.05) is 6.54 Å². The molecule has 2 aromatic carbocycles. The van der Waals surface area contributed by atoms with E-state index in [2.05, 4.69) is 17.6 Å². The predicted octanol–water partition coefficient (Wildman–Crippen LogP) is 4.04. The molecule has 2 N–H and O–H groups in total. The molecule has 26 heavy (non-hydrogen) atoms.